The van der Waals surface area contributed by atoms with Gasteiger partial charge in [0.05, 0.1) is 17.9 Å². The number of aromatic nitrogens is 3. The summed E-state index contributed by atoms with van der Waals surface area (Å²) in [5, 5.41) is 11.4. The molecule has 19 heavy (non-hydrogen) atoms. The maximum atomic E-state index is 14.1. The lowest BCUT2D eigenvalue weighted by Gasteiger charge is -2.20. The molecule has 1 aromatic heterocycles. The van der Waals surface area contributed by atoms with E-state index in [1.165, 1.54) is 6.07 Å². The molecule has 1 aromatic carbocycles. The molecule has 6 heteroatoms. The number of halogens is 2. The van der Waals surface area contributed by atoms with E-state index in [2.05, 4.69) is 22.6 Å². The Morgan fingerprint density at radius 2 is 2.26 bits per heavy atom. The molecule has 0 aliphatic rings. The zero-order valence-corrected chi connectivity index (χ0v) is 11.7. The molecule has 102 valence electrons. The average molecular weight is 283 g/mol. The van der Waals surface area contributed by atoms with E-state index in [1.807, 2.05) is 0 Å². The van der Waals surface area contributed by atoms with Gasteiger partial charge in [-0.1, -0.05) is 29.8 Å². The van der Waals surface area contributed by atoms with Crippen LogP contribution < -0.4 is 5.32 Å². The highest BCUT2D eigenvalue weighted by atomic mass is 35.5. The Hall–Kier alpha value is -1.46. The first-order valence-corrected chi connectivity index (χ1v) is 6.54. The van der Waals surface area contributed by atoms with Crippen molar-refractivity contribution in [3.8, 4) is 0 Å². The number of benzene rings is 1. The number of nitrogens with one attached hydrogen (secondary N) is 1. The van der Waals surface area contributed by atoms with Crippen LogP contribution in [0.25, 0.3) is 0 Å². The van der Waals surface area contributed by atoms with Crippen molar-refractivity contribution < 1.29 is 4.39 Å². The fraction of sp³-hybridized carbons (Fsp3) is 0.385. The Morgan fingerprint density at radius 3 is 2.84 bits per heavy atom. The van der Waals surface area contributed by atoms with Gasteiger partial charge < -0.3 is 5.32 Å². The lowest BCUT2D eigenvalue weighted by Crippen LogP contribution is -2.26. The molecule has 2 aromatic rings. The molecule has 1 heterocycles. The van der Waals surface area contributed by atoms with Gasteiger partial charge in [-0.2, -0.15) is 0 Å². The smallest absolute Gasteiger partial charge is 0.129 e. The van der Waals surface area contributed by atoms with Crippen LogP contribution in [0.15, 0.2) is 24.4 Å². The van der Waals surface area contributed by atoms with Crippen molar-refractivity contribution >= 4 is 11.6 Å². The number of hydrogen-bond acceptors (Lipinski definition) is 3. The van der Waals surface area contributed by atoms with Gasteiger partial charge in [0, 0.05) is 17.6 Å². The average Bonchev–Trinajstić information content (AvgIpc) is 2.79. The van der Waals surface area contributed by atoms with Gasteiger partial charge in [-0.15, -0.1) is 5.10 Å². The minimum Gasteiger partial charge on any atom is -0.305 e. The molecule has 1 unspecified atom stereocenters. The molecule has 0 saturated carbocycles. The largest absolute Gasteiger partial charge is 0.305 e. The van der Waals surface area contributed by atoms with Gasteiger partial charge in [-0.25, -0.2) is 4.39 Å². The molecule has 4 nitrogen and oxygen atoms in total. The monoisotopic (exact) mass is 282 g/mol. The van der Waals surface area contributed by atoms with E-state index in [4.69, 9.17) is 11.6 Å². The first-order valence-electron chi connectivity index (χ1n) is 6.17. The topological polar surface area (TPSA) is 42.7 Å². The van der Waals surface area contributed by atoms with Crippen LogP contribution in [0.1, 0.15) is 30.6 Å². The SMILES string of the molecule is CCCNC(c1c(F)cccc1Cl)c1cnnn1C. The standard InChI is InChI=1S/C13H16ClFN4/c1-3-7-16-13(11-8-17-18-19(11)2)12-9(14)5-4-6-10(12)15/h4-6,8,13,16H,3,7H2,1-2H3. The minimum absolute atomic E-state index is 0.331. The molecule has 0 aliphatic carbocycles. The van der Waals surface area contributed by atoms with Gasteiger partial charge in [0.2, 0.25) is 0 Å². The summed E-state index contributed by atoms with van der Waals surface area (Å²) < 4.78 is 15.7. The van der Waals surface area contributed by atoms with Crippen LogP contribution in [0.4, 0.5) is 4.39 Å². The molecule has 0 saturated heterocycles. The third kappa shape index (κ3) is 2.93. The van der Waals surface area contributed by atoms with Crippen LogP contribution in [0.3, 0.4) is 0 Å². The van der Waals surface area contributed by atoms with Crippen molar-refractivity contribution in [2.24, 2.45) is 7.05 Å². The second-order valence-corrected chi connectivity index (χ2v) is 4.71. The van der Waals surface area contributed by atoms with Crippen LogP contribution >= 0.6 is 11.6 Å². The summed E-state index contributed by atoms with van der Waals surface area (Å²) in [6.07, 6.45) is 2.56. The van der Waals surface area contributed by atoms with E-state index in [9.17, 15) is 4.39 Å². The Kier molecular flexibility index (Phi) is 4.50. The molecule has 0 spiro atoms. The molecule has 1 atom stereocenters. The van der Waals surface area contributed by atoms with E-state index in [0.717, 1.165) is 18.7 Å². The predicted molar refractivity (Wildman–Crippen MR) is 72.5 cm³/mol. The molecular weight excluding hydrogens is 267 g/mol. The third-order valence-electron chi connectivity index (χ3n) is 2.93. The fourth-order valence-corrected chi connectivity index (χ4v) is 2.26. The summed E-state index contributed by atoms with van der Waals surface area (Å²) in [5.74, 6) is -0.331. The number of hydrogen-bond donors (Lipinski definition) is 1. The van der Waals surface area contributed by atoms with Gasteiger partial charge in [0.15, 0.2) is 0 Å². The Labute approximate surface area is 116 Å². The van der Waals surface area contributed by atoms with Gasteiger partial charge in [-0.3, -0.25) is 4.68 Å². The first kappa shape index (κ1) is 14.0. The minimum atomic E-state index is -0.353. The van der Waals surface area contributed by atoms with Crippen LogP contribution in [-0.2, 0) is 7.05 Å². The molecule has 0 fully saturated rings. The second kappa shape index (κ2) is 6.12. The molecule has 0 bridgehead atoms. The number of aryl methyl sites for hydroxylation is 1. The summed E-state index contributed by atoms with van der Waals surface area (Å²) in [6.45, 7) is 2.80. The Balaban J connectivity index is 2.46. The molecule has 2 rings (SSSR count). The van der Waals surface area contributed by atoms with E-state index < -0.39 is 0 Å². The Morgan fingerprint density at radius 1 is 1.47 bits per heavy atom. The number of rotatable bonds is 5. The highest BCUT2D eigenvalue weighted by Gasteiger charge is 2.23. The molecule has 1 N–H and O–H groups in total. The summed E-state index contributed by atoms with van der Waals surface area (Å²) in [4.78, 5) is 0. The van der Waals surface area contributed by atoms with Crippen molar-refractivity contribution in [1.29, 1.82) is 0 Å². The van der Waals surface area contributed by atoms with E-state index in [-0.39, 0.29) is 11.9 Å². The molecular formula is C13H16ClFN4. The van der Waals surface area contributed by atoms with Gasteiger partial charge >= 0.3 is 0 Å². The van der Waals surface area contributed by atoms with E-state index in [0.29, 0.717) is 10.6 Å². The van der Waals surface area contributed by atoms with Crippen LogP contribution in [0, 0.1) is 5.82 Å². The van der Waals surface area contributed by atoms with E-state index >= 15 is 0 Å². The molecule has 0 amide bonds. The van der Waals surface area contributed by atoms with Crippen molar-refractivity contribution in [3.05, 3.63) is 46.5 Å². The zero-order valence-electron chi connectivity index (χ0n) is 10.9. The van der Waals surface area contributed by atoms with E-state index in [1.54, 1.807) is 30.1 Å². The highest BCUT2D eigenvalue weighted by Crippen LogP contribution is 2.30. The van der Waals surface area contributed by atoms with Crippen LogP contribution in [0.5, 0.6) is 0 Å². The normalized spacial score (nSPS) is 12.6. The maximum Gasteiger partial charge on any atom is 0.129 e. The quantitative estimate of drug-likeness (QED) is 0.917. The molecule has 0 radical (unpaired) electrons. The predicted octanol–water partition coefficient (Wildman–Crippen LogP) is 2.70. The van der Waals surface area contributed by atoms with Gasteiger partial charge in [0.25, 0.3) is 0 Å². The lowest BCUT2D eigenvalue weighted by molar-refractivity contribution is 0.519. The van der Waals surface area contributed by atoms with Crippen LogP contribution in [0.2, 0.25) is 5.02 Å². The van der Waals surface area contributed by atoms with Crippen molar-refractivity contribution in [2.45, 2.75) is 19.4 Å². The first-order chi connectivity index (χ1) is 9.15. The fourth-order valence-electron chi connectivity index (χ4n) is 1.99. The molecule has 0 aliphatic heterocycles. The lowest BCUT2D eigenvalue weighted by atomic mass is 10.0. The summed E-state index contributed by atoms with van der Waals surface area (Å²) >= 11 is 6.14. The third-order valence-corrected chi connectivity index (χ3v) is 3.26. The second-order valence-electron chi connectivity index (χ2n) is 4.30. The van der Waals surface area contributed by atoms with Crippen molar-refractivity contribution in [1.82, 2.24) is 20.3 Å². The summed E-state index contributed by atoms with van der Waals surface area (Å²) in [6, 6.07) is 4.34. The van der Waals surface area contributed by atoms with Crippen molar-refractivity contribution in [3.63, 3.8) is 0 Å². The summed E-state index contributed by atoms with van der Waals surface area (Å²) in [5.41, 5.74) is 1.21. The summed E-state index contributed by atoms with van der Waals surface area (Å²) in [7, 11) is 1.78. The van der Waals surface area contributed by atoms with Crippen molar-refractivity contribution in [2.75, 3.05) is 6.54 Å². The Bertz CT molecular complexity index is 535. The highest BCUT2D eigenvalue weighted by molar-refractivity contribution is 6.31. The zero-order chi connectivity index (χ0) is 13.8. The van der Waals surface area contributed by atoms with Crippen LogP contribution in [-0.4, -0.2) is 21.5 Å². The maximum absolute atomic E-state index is 14.1. The number of nitrogens with zero attached hydrogens (tertiary/aromatic N) is 3. The van der Waals surface area contributed by atoms with Gasteiger partial charge in [-0.05, 0) is 25.1 Å². The van der Waals surface area contributed by atoms with Gasteiger partial charge in [0.1, 0.15) is 5.82 Å².